The standard InChI is InChI=1S/C20H27N3O2/c1-2-10-23-18(24)14-21-19(25)20(23)8-11-22(12-9-20)17-7-6-15-4-3-5-16(15)13-17/h6-7,13H,2-5,8-12,14H2,1H3,(H,21,25). The highest BCUT2D eigenvalue weighted by molar-refractivity contribution is 5.98. The summed E-state index contributed by atoms with van der Waals surface area (Å²) < 4.78 is 0. The van der Waals surface area contributed by atoms with Crippen LogP contribution in [0.3, 0.4) is 0 Å². The molecule has 1 aromatic rings. The molecule has 0 bridgehead atoms. The van der Waals surface area contributed by atoms with Gasteiger partial charge in [-0.3, -0.25) is 9.59 Å². The molecule has 2 amide bonds. The fourth-order valence-corrected chi connectivity index (χ4v) is 4.73. The molecule has 3 aliphatic rings. The van der Waals surface area contributed by atoms with Crippen molar-refractivity contribution in [1.29, 1.82) is 0 Å². The summed E-state index contributed by atoms with van der Waals surface area (Å²) in [6, 6.07) is 6.82. The molecule has 2 heterocycles. The van der Waals surface area contributed by atoms with Gasteiger partial charge in [0.2, 0.25) is 11.8 Å². The summed E-state index contributed by atoms with van der Waals surface area (Å²) in [5, 5.41) is 2.82. The third kappa shape index (κ3) is 2.70. The van der Waals surface area contributed by atoms with E-state index in [9.17, 15) is 9.59 Å². The molecule has 4 rings (SSSR count). The Kier molecular flexibility index (Phi) is 4.18. The molecule has 134 valence electrons. The summed E-state index contributed by atoms with van der Waals surface area (Å²) in [6.45, 7) is 4.52. The third-order valence-corrected chi connectivity index (χ3v) is 6.13. The molecule has 1 aliphatic carbocycles. The van der Waals surface area contributed by atoms with E-state index in [1.165, 1.54) is 36.1 Å². The van der Waals surface area contributed by atoms with Crippen molar-refractivity contribution in [3.63, 3.8) is 0 Å². The molecule has 0 radical (unpaired) electrons. The topological polar surface area (TPSA) is 52.7 Å². The SMILES string of the molecule is CCCN1C(=O)CNC(=O)C12CCN(c1ccc3c(c1)CCC3)CC2. The van der Waals surface area contributed by atoms with E-state index in [1.54, 1.807) is 0 Å². The summed E-state index contributed by atoms with van der Waals surface area (Å²) in [4.78, 5) is 29.3. The lowest BCUT2D eigenvalue weighted by Gasteiger charge is -2.50. The van der Waals surface area contributed by atoms with Gasteiger partial charge < -0.3 is 15.1 Å². The Balaban J connectivity index is 1.53. The first kappa shape index (κ1) is 16.4. The zero-order valence-electron chi connectivity index (χ0n) is 15.0. The van der Waals surface area contributed by atoms with E-state index in [0.717, 1.165) is 19.5 Å². The number of amides is 2. The highest BCUT2D eigenvalue weighted by atomic mass is 16.2. The molecule has 0 atom stereocenters. The van der Waals surface area contributed by atoms with Gasteiger partial charge in [-0.15, -0.1) is 0 Å². The van der Waals surface area contributed by atoms with Gasteiger partial charge >= 0.3 is 0 Å². The number of nitrogens with one attached hydrogen (secondary N) is 1. The predicted molar refractivity (Wildman–Crippen MR) is 97.7 cm³/mol. The Morgan fingerprint density at radius 3 is 2.64 bits per heavy atom. The summed E-state index contributed by atoms with van der Waals surface area (Å²) in [7, 11) is 0. The quantitative estimate of drug-likeness (QED) is 0.913. The van der Waals surface area contributed by atoms with Gasteiger partial charge in [-0.1, -0.05) is 13.0 Å². The maximum absolute atomic E-state index is 12.7. The lowest BCUT2D eigenvalue weighted by molar-refractivity contribution is -0.155. The number of hydrogen-bond acceptors (Lipinski definition) is 3. The fourth-order valence-electron chi connectivity index (χ4n) is 4.73. The van der Waals surface area contributed by atoms with Crippen LogP contribution < -0.4 is 10.2 Å². The van der Waals surface area contributed by atoms with Gasteiger partial charge in [0, 0.05) is 25.3 Å². The number of piperidine rings is 1. The number of carbonyl (C=O) groups excluding carboxylic acids is 2. The highest BCUT2D eigenvalue weighted by Crippen LogP contribution is 2.35. The van der Waals surface area contributed by atoms with Crippen LogP contribution in [0.1, 0.15) is 43.7 Å². The number of piperazine rings is 1. The van der Waals surface area contributed by atoms with Crippen molar-refractivity contribution >= 4 is 17.5 Å². The minimum atomic E-state index is -0.640. The summed E-state index contributed by atoms with van der Waals surface area (Å²) in [6.07, 6.45) is 5.95. The molecule has 2 saturated heterocycles. The van der Waals surface area contributed by atoms with Crippen LogP contribution in [-0.2, 0) is 22.4 Å². The van der Waals surface area contributed by atoms with Gasteiger partial charge in [-0.05, 0) is 61.8 Å². The second kappa shape index (κ2) is 6.36. The number of carbonyl (C=O) groups is 2. The highest BCUT2D eigenvalue weighted by Gasteiger charge is 2.50. The Morgan fingerprint density at radius 1 is 1.12 bits per heavy atom. The average molecular weight is 341 g/mol. The zero-order valence-corrected chi connectivity index (χ0v) is 15.0. The molecular formula is C20H27N3O2. The van der Waals surface area contributed by atoms with Crippen molar-refractivity contribution in [3.05, 3.63) is 29.3 Å². The van der Waals surface area contributed by atoms with E-state index >= 15 is 0 Å². The fraction of sp³-hybridized carbons (Fsp3) is 0.600. The van der Waals surface area contributed by atoms with Crippen molar-refractivity contribution in [2.24, 2.45) is 0 Å². The van der Waals surface area contributed by atoms with Crippen LogP contribution in [0.15, 0.2) is 18.2 Å². The van der Waals surface area contributed by atoms with Gasteiger partial charge in [-0.2, -0.15) is 0 Å². The first-order valence-electron chi connectivity index (χ1n) is 9.59. The van der Waals surface area contributed by atoms with Crippen LogP contribution in [0.2, 0.25) is 0 Å². The second-order valence-corrected chi connectivity index (χ2v) is 7.55. The van der Waals surface area contributed by atoms with Crippen LogP contribution >= 0.6 is 0 Å². The van der Waals surface area contributed by atoms with E-state index in [2.05, 4.69) is 35.3 Å². The Morgan fingerprint density at radius 2 is 1.88 bits per heavy atom. The smallest absolute Gasteiger partial charge is 0.246 e. The van der Waals surface area contributed by atoms with Gasteiger partial charge in [0.05, 0.1) is 6.54 Å². The molecule has 1 N–H and O–H groups in total. The van der Waals surface area contributed by atoms with Crippen LogP contribution in [0, 0.1) is 0 Å². The number of anilines is 1. The molecule has 0 saturated carbocycles. The van der Waals surface area contributed by atoms with Crippen molar-refractivity contribution in [2.45, 2.75) is 51.0 Å². The number of fused-ring (bicyclic) bond motifs is 1. The van der Waals surface area contributed by atoms with E-state index in [-0.39, 0.29) is 18.4 Å². The van der Waals surface area contributed by atoms with Crippen molar-refractivity contribution in [1.82, 2.24) is 10.2 Å². The van der Waals surface area contributed by atoms with Gasteiger partial charge in [-0.25, -0.2) is 0 Å². The third-order valence-electron chi connectivity index (χ3n) is 6.13. The lowest BCUT2D eigenvalue weighted by atomic mass is 9.82. The minimum Gasteiger partial charge on any atom is -0.371 e. The molecule has 0 aromatic heterocycles. The Labute approximate surface area is 149 Å². The van der Waals surface area contributed by atoms with E-state index < -0.39 is 5.54 Å². The van der Waals surface area contributed by atoms with Crippen LogP contribution in [0.5, 0.6) is 0 Å². The number of benzene rings is 1. The molecule has 1 aromatic carbocycles. The summed E-state index contributed by atoms with van der Waals surface area (Å²) in [5.41, 5.74) is 3.60. The molecule has 2 fully saturated rings. The van der Waals surface area contributed by atoms with Crippen molar-refractivity contribution < 1.29 is 9.59 Å². The van der Waals surface area contributed by atoms with Crippen molar-refractivity contribution in [3.8, 4) is 0 Å². The second-order valence-electron chi connectivity index (χ2n) is 7.55. The Hall–Kier alpha value is -2.04. The largest absolute Gasteiger partial charge is 0.371 e. The zero-order chi connectivity index (χ0) is 17.4. The number of rotatable bonds is 3. The molecular weight excluding hydrogens is 314 g/mol. The molecule has 1 spiro atoms. The molecule has 2 aliphatic heterocycles. The first-order chi connectivity index (χ1) is 12.1. The van der Waals surface area contributed by atoms with Gasteiger partial charge in [0.25, 0.3) is 0 Å². The Bertz CT molecular complexity index is 692. The van der Waals surface area contributed by atoms with Gasteiger partial charge in [0.15, 0.2) is 0 Å². The van der Waals surface area contributed by atoms with E-state index in [4.69, 9.17) is 0 Å². The van der Waals surface area contributed by atoms with E-state index in [0.29, 0.717) is 19.4 Å². The predicted octanol–water partition coefficient (Wildman–Crippen LogP) is 1.88. The monoisotopic (exact) mass is 341 g/mol. The van der Waals surface area contributed by atoms with Crippen molar-refractivity contribution in [2.75, 3.05) is 31.1 Å². The van der Waals surface area contributed by atoms with Crippen LogP contribution in [-0.4, -0.2) is 48.4 Å². The van der Waals surface area contributed by atoms with Gasteiger partial charge in [0.1, 0.15) is 5.54 Å². The molecule has 25 heavy (non-hydrogen) atoms. The summed E-state index contributed by atoms with van der Waals surface area (Å²) in [5.74, 6) is 0.0987. The average Bonchev–Trinajstić information content (AvgIpc) is 3.10. The van der Waals surface area contributed by atoms with Crippen LogP contribution in [0.4, 0.5) is 5.69 Å². The van der Waals surface area contributed by atoms with Crippen LogP contribution in [0.25, 0.3) is 0 Å². The minimum absolute atomic E-state index is 0.0363. The molecule has 5 heteroatoms. The maximum atomic E-state index is 12.7. The number of aryl methyl sites for hydroxylation is 2. The summed E-state index contributed by atoms with van der Waals surface area (Å²) >= 11 is 0. The number of nitrogens with zero attached hydrogens (tertiary/aromatic N) is 2. The molecule has 0 unspecified atom stereocenters. The number of hydrogen-bond donors (Lipinski definition) is 1. The normalized spacial score (nSPS) is 22.3. The molecule has 5 nitrogen and oxygen atoms in total. The maximum Gasteiger partial charge on any atom is 0.246 e. The lowest BCUT2D eigenvalue weighted by Crippen LogP contribution is -2.70. The first-order valence-corrected chi connectivity index (χ1v) is 9.59. The van der Waals surface area contributed by atoms with E-state index in [1.807, 2.05) is 4.90 Å².